The van der Waals surface area contributed by atoms with Crippen LogP contribution in [0.3, 0.4) is 0 Å². The number of nitro benzene ring substituents is 1. The van der Waals surface area contributed by atoms with Crippen molar-refractivity contribution < 1.29 is 24.0 Å². The number of nitro groups is 1. The number of hydrogen-bond acceptors (Lipinski definition) is 7. The maximum atomic E-state index is 14.0. The smallest absolute Gasteiger partial charge is 0.273 e. The number of aryl methyl sites for hydroxylation is 1. The molecule has 174 valence electrons. The molecule has 0 aliphatic carbocycles. The van der Waals surface area contributed by atoms with Gasteiger partial charge in [-0.1, -0.05) is 17.7 Å². The molecule has 0 unspecified atom stereocenters. The molecule has 10 heteroatoms. The number of rotatable bonds is 3. The van der Waals surface area contributed by atoms with E-state index in [-0.39, 0.29) is 29.1 Å². The van der Waals surface area contributed by atoms with Crippen LogP contribution in [0.15, 0.2) is 36.4 Å². The number of hydrogen-bond donors (Lipinski definition) is 1. The highest BCUT2D eigenvalue weighted by Gasteiger charge is 2.74. The Bertz CT molecular complexity index is 1310. The third kappa shape index (κ3) is 2.35. The summed E-state index contributed by atoms with van der Waals surface area (Å²) in [6, 6.07) is 9.23. The van der Waals surface area contributed by atoms with Gasteiger partial charge in [0.2, 0.25) is 17.7 Å². The number of carbonyl (C=O) groups excluding carboxylic acids is 3. The van der Waals surface area contributed by atoms with Gasteiger partial charge in [0.05, 0.1) is 35.6 Å². The predicted molar refractivity (Wildman–Crippen MR) is 120 cm³/mol. The topological polar surface area (TPSA) is 122 Å². The number of benzene rings is 2. The minimum absolute atomic E-state index is 0.0559. The fourth-order valence-corrected chi connectivity index (χ4v) is 6.52. The standard InChI is InChI=1S/C24H22N4O6/c1-12-5-7-15-14(10-12)24(23(31)25-15)20-19(17-4-3-9-26(17)24)21(29)27(22(20)30)16-8-6-13(28(32)33)11-18(16)34-2/h5-8,10-11,17,19-20H,3-4,9H2,1-2H3,(H,25,31)/t17-,19-,20+,24-/m1/s1. The fraction of sp³-hybridized carbons (Fsp3) is 0.375. The summed E-state index contributed by atoms with van der Waals surface area (Å²) >= 11 is 0. The Kier molecular flexibility index (Phi) is 4.20. The van der Waals surface area contributed by atoms with Gasteiger partial charge in [-0.25, -0.2) is 4.90 Å². The van der Waals surface area contributed by atoms with Gasteiger partial charge in [0.1, 0.15) is 11.3 Å². The molecule has 1 N–H and O–H groups in total. The molecule has 34 heavy (non-hydrogen) atoms. The van der Waals surface area contributed by atoms with Crippen molar-refractivity contribution >= 4 is 34.8 Å². The van der Waals surface area contributed by atoms with Crippen LogP contribution in [0.1, 0.15) is 24.0 Å². The zero-order valence-corrected chi connectivity index (χ0v) is 18.6. The quantitative estimate of drug-likeness (QED) is 0.422. The molecular formula is C24H22N4O6. The number of carbonyl (C=O) groups is 3. The molecule has 0 bridgehead atoms. The molecule has 4 aliphatic heterocycles. The lowest BCUT2D eigenvalue weighted by Gasteiger charge is -2.36. The molecule has 3 fully saturated rings. The normalized spacial score (nSPS) is 29.4. The summed E-state index contributed by atoms with van der Waals surface area (Å²) in [4.78, 5) is 55.3. The van der Waals surface area contributed by atoms with Crippen molar-refractivity contribution in [3.8, 4) is 5.75 Å². The Morgan fingerprint density at radius 3 is 2.68 bits per heavy atom. The molecule has 2 aromatic rings. The maximum absolute atomic E-state index is 14.0. The van der Waals surface area contributed by atoms with E-state index in [1.165, 1.54) is 25.3 Å². The first-order valence-corrected chi connectivity index (χ1v) is 11.2. The summed E-state index contributed by atoms with van der Waals surface area (Å²) < 4.78 is 5.32. The van der Waals surface area contributed by atoms with Crippen LogP contribution in [0.5, 0.6) is 5.75 Å². The van der Waals surface area contributed by atoms with Crippen molar-refractivity contribution in [1.82, 2.24) is 4.90 Å². The van der Waals surface area contributed by atoms with Gasteiger partial charge in [0.25, 0.3) is 5.69 Å². The van der Waals surface area contributed by atoms with Gasteiger partial charge in [0.15, 0.2) is 0 Å². The first kappa shape index (κ1) is 20.8. The Labute approximate surface area is 194 Å². The van der Waals surface area contributed by atoms with Crippen LogP contribution in [0.25, 0.3) is 0 Å². The SMILES string of the molecule is COc1cc([N+](=O)[O-])ccc1N1C(=O)[C@@H]2[C@H]3CCCN3[C@@]3(C(=O)Nc4ccc(C)cc43)[C@@H]2C1=O. The average molecular weight is 462 g/mol. The van der Waals surface area contributed by atoms with Gasteiger partial charge in [-0.3, -0.25) is 29.4 Å². The van der Waals surface area contributed by atoms with Crippen LogP contribution in [0.2, 0.25) is 0 Å². The number of nitrogens with one attached hydrogen (secondary N) is 1. The highest BCUT2D eigenvalue weighted by molar-refractivity contribution is 6.26. The van der Waals surface area contributed by atoms with Crippen LogP contribution in [0.4, 0.5) is 17.1 Å². The third-order valence-electron chi connectivity index (χ3n) is 7.76. The number of amides is 3. The van der Waals surface area contributed by atoms with E-state index < -0.39 is 34.1 Å². The summed E-state index contributed by atoms with van der Waals surface area (Å²) in [6.45, 7) is 2.56. The lowest BCUT2D eigenvalue weighted by atomic mass is 9.75. The number of anilines is 2. The lowest BCUT2D eigenvalue weighted by molar-refractivity contribution is -0.384. The van der Waals surface area contributed by atoms with Crippen molar-refractivity contribution in [3.63, 3.8) is 0 Å². The Hall–Kier alpha value is -3.79. The predicted octanol–water partition coefficient (Wildman–Crippen LogP) is 2.34. The van der Waals surface area contributed by atoms with E-state index in [1.54, 1.807) is 0 Å². The summed E-state index contributed by atoms with van der Waals surface area (Å²) in [5, 5.41) is 14.2. The van der Waals surface area contributed by atoms with Gasteiger partial charge in [-0.2, -0.15) is 0 Å². The molecule has 10 nitrogen and oxygen atoms in total. The molecule has 3 amide bonds. The second-order valence-electron chi connectivity index (χ2n) is 9.30. The van der Waals surface area contributed by atoms with Crippen molar-refractivity contribution in [2.75, 3.05) is 23.9 Å². The fourth-order valence-electron chi connectivity index (χ4n) is 6.52. The van der Waals surface area contributed by atoms with Crippen LogP contribution < -0.4 is 15.0 Å². The van der Waals surface area contributed by atoms with Crippen LogP contribution in [-0.4, -0.2) is 47.2 Å². The number of methoxy groups -OCH3 is 1. The molecule has 6 rings (SSSR count). The number of imide groups is 1. The molecule has 4 atom stereocenters. The van der Waals surface area contributed by atoms with E-state index in [0.29, 0.717) is 18.7 Å². The number of nitrogens with zero attached hydrogens (tertiary/aromatic N) is 3. The summed E-state index contributed by atoms with van der Waals surface area (Å²) in [5.41, 5.74) is 1.03. The van der Waals surface area contributed by atoms with Gasteiger partial charge in [0, 0.05) is 23.4 Å². The molecule has 2 aromatic carbocycles. The minimum Gasteiger partial charge on any atom is -0.494 e. The average Bonchev–Trinajstić information content (AvgIpc) is 3.52. The van der Waals surface area contributed by atoms with Gasteiger partial charge in [-0.15, -0.1) is 0 Å². The van der Waals surface area contributed by atoms with E-state index in [4.69, 9.17) is 4.74 Å². The monoisotopic (exact) mass is 462 g/mol. The number of fused-ring (bicyclic) bond motifs is 7. The minimum atomic E-state index is -1.26. The van der Waals surface area contributed by atoms with Crippen LogP contribution in [-0.2, 0) is 19.9 Å². The number of non-ortho nitro benzene ring substituents is 1. The molecule has 4 heterocycles. The third-order valence-corrected chi connectivity index (χ3v) is 7.76. The second kappa shape index (κ2) is 6.86. The molecule has 1 spiro atoms. The lowest BCUT2D eigenvalue weighted by Crippen LogP contribution is -2.54. The molecular weight excluding hydrogens is 440 g/mol. The van der Waals surface area contributed by atoms with Crippen LogP contribution in [0, 0.1) is 28.9 Å². The summed E-state index contributed by atoms with van der Waals surface area (Å²) in [5.74, 6) is -2.70. The Balaban J connectivity index is 1.53. The molecule has 0 saturated carbocycles. The van der Waals surface area contributed by atoms with E-state index in [2.05, 4.69) is 10.2 Å². The van der Waals surface area contributed by atoms with Crippen molar-refractivity contribution in [2.24, 2.45) is 11.8 Å². The van der Waals surface area contributed by atoms with E-state index in [1.807, 2.05) is 25.1 Å². The van der Waals surface area contributed by atoms with Crippen molar-refractivity contribution in [3.05, 3.63) is 57.6 Å². The summed E-state index contributed by atoms with van der Waals surface area (Å²) in [7, 11) is 1.33. The second-order valence-corrected chi connectivity index (χ2v) is 9.30. The van der Waals surface area contributed by atoms with E-state index >= 15 is 0 Å². The molecule has 4 aliphatic rings. The highest BCUT2D eigenvalue weighted by atomic mass is 16.6. The molecule has 0 radical (unpaired) electrons. The zero-order valence-electron chi connectivity index (χ0n) is 18.6. The number of ether oxygens (including phenoxy) is 1. The van der Waals surface area contributed by atoms with Crippen molar-refractivity contribution in [2.45, 2.75) is 31.3 Å². The maximum Gasteiger partial charge on any atom is 0.273 e. The molecule has 3 saturated heterocycles. The van der Waals surface area contributed by atoms with Gasteiger partial charge >= 0.3 is 0 Å². The van der Waals surface area contributed by atoms with Crippen molar-refractivity contribution in [1.29, 1.82) is 0 Å². The molecule has 0 aromatic heterocycles. The summed E-state index contributed by atoms with van der Waals surface area (Å²) in [6.07, 6.45) is 1.54. The van der Waals surface area contributed by atoms with E-state index in [0.717, 1.165) is 22.4 Å². The zero-order chi connectivity index (χ0) is 23.9. The largest absolute Gasteiger partial charge is 0.494 e. The Morgan fingerprint density at radius 1 is 1.15 bits per heavy atom. The highest BCUT2D eigenvalue weighted by Crippen LogP contribution is 2.61. The van der Waals surface area contributed by atoms with Gasteiger partial charge in [-0.05, 0) is 38.4 Å². The van der Waals surface area contributed by atoms with Crippen LogP contribution >= 0.6 is 0 Å². The first-order chi connectivity index (χ1) is 16.3. The first-order valence-electron chi connectivity index (χ1n) is 11.2. The Morgan fingerprint density at radius 2 is 1.94 bits per heavy atom. The van der Waals surface area contributed by atoms with E-state index in [9.17, 15) is 24.5 Å². The van der Waals surface area contributed by atoms with Gasteiger partial charge < -0.3 is 10.1 Å².